The quantitative estimate of drug-likeness (QED) is 0.627. The van der Waals surface area contributed by atoms with Crippen LogP contribution in [-0.2, 0) is 0 Å². The van der Waals surface area contributed by atoms with Crippen molar-refractivity contribution in [2.75, 3.05) is 12.4 Å². The topological polar surface area (TPSA) is 71.1 Å². The zero-order chi connectivity index (χ0) is 10.3. The summed E-state index contributed by atoms with van der Waals surface area (Å²) in [6.45, 7) is 1.77. The summed E-state index contributed by atoms with van der Waals surface area (Å²) in [5.41, 5.74) is 1.44. The minimum absolute atomic E-state index is 0.336. The normalized spacial score (nSPS) is 13.9. The second-order valence-corrected chi connectivity index (χ2v) is 3.07. The maximum absolute atomic E-state index is 11.4. The van der Waals surface area contributed by atoms with Crippen LogP contribution in [0.15, 0.2) is 6.07 Å². The van der Waals surface area contributed by atoms with E-state index in [9.17, 15) is 9.59 Å². The number of imide groups is 1. The molecule has 5 nitrogen and oxygen atoms in total. The third kappa shape index (κ3) is 1.06. The van der Waals surface area contributed by atoms with Crippen LogP contribution in [0.1, 0.15) is 26.4 Å². The van der Waals surface area contributed by atoms with Crippen LogP contribution in [0.3, 0.4) is 0 Å². The second-order valence-electron chi connectivity index (χ2n) is 3.07. The minimum atomic E-state index is -0.387. The van der Waals surface area contributed by atoms with Crippen LogP contribution in [0.5, 0.6) is 0 Å². The molecule has 0 saturated carbocycles. The lowest BCUT2D eigenvalue weighted by atomic mass is 10.1. The van der Waals surface area contributed by atoms with Crippen molar-refractivity contribution in [1.29, 1.82) is 0 Å². The van der Waals surface area contributed by atoms with E-state index < -0.39 is 0 Å². The molecule has 72 valence electrons. The summed E-state index contributed by atoms with van der Waals surface area (Å²) < 4.78 is 0. The van der Waals surface area contributed by atoms with Crippen LogP contribution >= 0.6 is 0 Å². The van der Waals surface area contributed by atoms with Crippen LogP contribution < -0.4 is 10.6 Å². The molecule has 0 saturated heterocycles. The summed E-state index contributed by atoms with van der Waals surface area (Å²) in [6, 6.07) is 1.61. The van der Waals surface area contributed by atoms with Gasteiger partial charge in [0.25, 0.3) is 11.8 Å². The molecular weight excluding hydrogens is 182 g/mol. The van der Waals surface area contributed by atoms with Crippen molar-refractivity contribution in [3.8, 4) is 0 Å². The fourth-order valence-corrected chi connectivity index (χ4v) is 1.50. The summed E-state index contributed by atoms with van der Waals surface area (Å²) >= 11 is 0. The van der Waals surface area contributed by atoms with Gasteiger partial charge in [0.1, 0.15) is 5.82 Å². The largest absolute Gasteiger partial charge is 0.372 e. The monoisotopic (exact) mass is 191 g/mol. The van der Waals surface area contributed by atoms with E-state index in [0.717, 1.165) is 0 Å². The van der Waals surface area contributed by atoms with Gasteiger partial charge in [0.15, 0.2) is 0 Å². The Morgan fingerprint density at radius 2 is 2.07 bits per heavy atom. The van der Waals surface area contributed by atoms with Gasteiger partial charge < -0.3 is 5.32 Å². The number of pyridine rings is 1. The fraction of sp³-hybridized carbons (Fsp3) is 0.222. The molecular formula is C9H9N3O2. The number of amides is 2. The molecule has 0 radical (unpaired) electrons. The van der Waals surface area contributed by atoms with Gasteiger partial charge in [0.2, 0.25) is 0 Å². The molecule has 1 aromatic rings. The summed E-state index contributed by atoms with van der Waals surface area (Å²) in [5.74, 6) is -0.294. The van der Waals surface area contributed by atoms with E-state index in [4.69, 9.17) is 0 Å². The van der Waals surface area contributed by atoms with E-state index in [1.807, 2.05) is 0 Å². The number of nitrogens with one attached hydrogen (secondary N) is 2. The van der Waals surface area contributed by atoms with E-state index in [1.54, 1.807) is 20.0 Å². The Morgan fingerprint density at radius 1 is 1.36 bits per heavy atom. The minimum Gasteiger partial charge on any atom is -0.372 e. The van der Waals surface area contributed by atoms with Crippen molar-refractivity contribution < 1.29 is 9.59 Å². The number of carbonyl (C=O) groups is 2. The van der Waals surface area contributed by atoms with Gasteiger partial charge in [0, 0.05) is 12.7 Å². The number of anilines is 1. The van der Waals surface area contributed by atoms with Gasteiger partial charge in [-0.25, -0.2) is 4.98 Å². The molecule has 0 atom stereocenters. The van der Waals surface area contributed by atoms with Crippen molar-refractivity contribution in [3.05, 3.63) is 22.9 Å². The smallest absolute Gasteiger partial charge is 0.262 e. The first-order valence-corrected chi connectivity index (χ1v) is 4.18. The van der Waals surface area contributed by atoms with Crippen LogP contribution in [0, 0.1) is 6.92 Å². The molecule has 0 unspecified atom stereocenters. The third-order valence-electron chi connectivity index (χ3n) is 2.08. The standard InChI is InChI=1S/C9H9N3O2/c1-4-3-5-6(7(10-2)11-4)9(14)12-8(5)13/h3H,1-2H3,(H,10,11)(H,12,13,14). The van der Waals surface area contributed by atoms with Gasteiger partial charge in [-0.2, -0.15) is 0 Å². The Bertz CT molecular complexity index is 440. The molecule has 0 fully saturated rings. The Hall–Kier alpha value is -1.91. The number of hydrogen-bond donors (Lipinski definition) is 2. The Labute approximate surface area is 80.5 Å². The van der Waals surface area contributed by atoms with Gasteiger partial charge in [0.05, 0.1) is 11.1 Å². The van der Waals surface area contributed by atoms with Gasteiger partial charge in [-0.3, -0.25) is 14.9 Å². The molecule has 1 aliphatic rings. The highest BCUT2D eigenvalue weighted by atomic mass is 16.2. The highest BCUT2D eigenvalue weighted by Gasteiger charge is 2.30. The van der Waals surface area contributed by atoms with Crippen molar-refractivity contribution >= 4 is 17.6 Å². The highest BCUT2D eigenvalue weighted by Crippen LogP contribution is 2.22. The summed E-state index contributed by atoms with van der Waals surface area (Å²) in [4.78, 5) is 26.8. The number of aromatic nitrogens is 1. The summed E-state index contributed by atoms with van der Waals surface area (Å²) in [6.07, 6.45) is 0. The first kappa shape index (κ1) is 8.68. The molecule has 2 rings (SSSR count). The zero-order valence-electron chi connectivity index (χ0n) is 7.84. The van der Waals surface area contributed by atoms with Crippen molar-refractivity contribution in [3.63, 3.8) is 0 Å². The highest BCUT2D eigenvalue weighted by molar-refractivity contribution is 6.23. The third-order valence-corrected chi connectivity index (χ3v) is 2.08. The maximum Gasteiger partial charge on any atom is 0.262 e. The first-order valence-electron chi connectivity index (χ1n) is 4.18. The van der Waals surface area contributed by atoms with E-state index in [-0.39, 0.29) is 11.8 Å². The number of hydrogen-bond acceptors (Lipinski definition) is 4. The van der Waals surface area contributed by atoms with Gasteiger partial charge >= 0.3 is 0 Å². The number of carbonyl (C=O) groups excluding carboxylic acids is 2. The predicted octanol–water partition coefficient (Wildman–Crippen LogP) is 0.315. The Balaban J connectivity index is 2.73. The molecule has 14 heavy (non-hydrogen) atoms. The summed E-state index contributed by atoms with van der Waals surface area (Å²) in [5, 5.41) is 5.02. The van der Waals surface area contributed by atoms with E-state index in [0.29, 0.717) is 22.6 Å². The van der Waals surface area contributed by atoms with Gasteiger partial charge in [-0.1, -0.05) is 0 Å². The van der Waals surface area contributed by atoms with Crippen LogP contribution in [0.2, 0.25) is 0 Å². The second kappa shape index (κ2) is 2.80. The molecule has 1 aliphatic heterocycles. The number of rotatable bonds is 1. The molecule has 0 aromatic carbocycles. The van der Waals surface area contributed by atoms with Crippen LogP contribution in [0.25, 0.3) is 0 Å². The molecule has 2 N–H and O–H groups in total. The SMILES string of the molecule is CNc1nc(C)cc2c1C(=O)NC2=O. The van der Waals surface area contributed by atoms with Crippen molar-refractivity contribution in [2.24, 2.45) is 0 Å². The molecule has 0 spiro atoms. The summed E-state index contributed by atoms with van der Waals surface area (Å²) in [7, 11) is 1.66. The molecule has 5 heteroatoms. The van der Waals surface area contributed by atoms with Gasteiger partial charge in [-0.05, 0) is 13.0 Å². The zero-order valence-corrected chi connectivity index (χ0v) is 7.84. The maximum atomic E-state index is 11.4. The van der Waals surface area contributed by atoms with Crippen molar-refractivity contribution in [2.45, 2.75) is 6.92 Å². The van der Waals surface area contributed by atoms with Crippen molar-refractivity contribution in [1.82, 2.24) is 10.3 Å². The lowest BCUT2D eigenvalue weighted by Crippen LogP contribution is -2.20. The molecule has 0 bridgehead atoms. The molecule has 2 heterocycles. The predicted molar refractivity (Wildman–Crippen MR) is 50.3 cm³/mol. The first-order chi connectivity index (χ1) is 6.63. The van der Waals surface area contributed by atoms with E-state index in [1.165, 1.54) is 0 Å². The average Bonchev–Trinajstić information content (AvgIpc) is 2.41. The van der Waals surface area contributed by atoms with E-state index >= 15 is 0 Å². The van der Waals surface area contributed by atoms with Gasteiger partial charge in [-0.15, -0.1) is 0 Å². The number of nitrogens with zero attached hydrogens (tertiary/aromatic N) is 1. The molecule has 1 aromatic heterocycles. The molecule has 0 aliphatic carbocycles. The Kier molecular flexibility index (Phi) is 1.73. The van der Waals surface area contributed by atoms with Crippen LogP contribution in [-0.4, -0.2) is 23.8 Å². The Morgan fingerprint density at radius 3 is 2.71 bits per heavy atom. The lowest BCUT2D eigenvalue weighted by Gasteiger charge is -2.04. The number of aryl methyl sites for hydroxylation is 1. The fourth-order valence-electron chi connectivity index (χ4n) is 1.50. The molecule has 2 amide bonds. The lowest BCUT2D eigenvalue weighted by molar-refractivity contribution is 0.0880. The average molecular weight is 191 g/mol. The number of fused-ring (bicyclic) bond motifs is 1. The van der Waals surface area contributed by atoms with Crippen LogP contribution in [0.4, 0.5) is 5.82 Å². The van der Waals surface area contributed by atoms with E-state index in [2.05, 4.69) is 15.6 Å².